The molecule has 8 heteroatoms. The number of tetrazole rings is 1. The van der Waals surface area contributed by atoms with E-state index in [1.54, 1.807) is 22.9 Å². The van der Waals surface area contributed by atoms with Gasteiger partial charge >= 0.3 is 5.97 Å². The average molecular weight is 317 g/mol. The summed E-state index contributed by atoms with van der Waals surface area (Å²) in [5.74, 6) is -0.385. The monoisotopic (exact) mass is 317 g/mol. The molecule has 0 fully saturated rings. The van der Waals surface area contributed by atoms with Crippen molar-refractivity contribution in [1.82, 2.24) is 25.5 Å². The number of ether oxygens (including phenoxy) is 1. The van der Waals surface area contributed by atoms with Gasteiger partial charge in [0.2, 0.25) is 0 Å². The van der Waals surface area contributed by atoms with Gasteiger partial charge in [-0.1, -0.05) is 24.6 Å². The van der Waals surface area contributed by atoms with Crippen LogP contribution in [-0.4, -0.2) is 38.6 Å². The molecule has 1 amide bonds. The van der Waals surface area contributed by atoms with Crippen LogP contribution in [0.1, 0.15) is 35.1 Å². The van der Waals surface area contributed by atoms with Crippen LogP contribution in [0.4, 0.5) is 0 Å². The van der Waals surface area contributed by atoms with Crippen LogP contribution >= 0.6 is 0 Å². The van der Waals surface area contributed by atoms with Crippen molar-refractivity contribution in [2.75, 3.05) is 6.54 Å². The molecule has 0 atom stereocenters. The number of rotatable bonds is 7. The smallest absolute Gasteiger partial charge is 0.325 e. The highest BCUT2D eigenvalue weighted by Gasteiger charge is 2.11. The van der Waals surface area contributed by atoms with Crippen molar-refractivity contribution in [3.8, 4) is 0 Å². The van der Waals surface area contributed by atoms with E-state index in [4.69, 9.17) is 4.74 Å². The van der Waals surface area contributed by atoms with E-state index in [2.05, 4.69) is 20.8 Å². The summed E-state index contributed by atoms with van der Waals surface area (Å²) in [6.07, 6.45) is 0.874. The first-order chi connectivity index (χ1) is 11.1. The molecule has 8 nitrogen and oxygen atoms in total. The lowest BCUT2D eigenvalue weighted by Gasteiger charge is -2.07. The molecule has 2 aromatic rings. The predicted molar refractivity (Wildman–Crippen MR) is 81.4 cm³/mol. The summed E-state index contributed by atoms with van der Waals surface area (Å²) >= 11 is 0. The third kappa shape index (κ3) is 4.87. The zero-order valence-electron chi connectivity index (χ0n) is 13.2. The minimum Gasteiger partial charge on any atom is -0.456 e. The van der Waals surface area contributed by atoms with Crippen LogP contribution in [0.25, 0.3) is 0 Å². The molecule has 0 aliphatic rings. The molecule has 23 heavy (non-hydrogen) atoms. The molecule has 1 N–H and O–H groups in total. The fourth-order valence-electron chi connectivity index (χ4n) is 1.95. The van der Waals surface area contributed by atoms with E-state index in [-0.39, 0.29) is 19.1 Å². The second-order valence-corrected chi connectivity index (χ2v) is 5.03. The Bertz CT molecular complexity index is 683. The lowest BCUT2D eigenvalue weighted by molar-refractivity contribution is -0.144. The Balaban J connectivity index is 1.79. The van der Waals surface area contributed by atoms with Crippen molar-refractivity contribution in [1.29, 1.82) is 0 Å². The minimum atomic E-state index is -0.544. The summed E-state index contributed by atoms with van der Waals surface area (Å²) < 4.78 is 6.65. The Labute approximate surface area is 133 Å². The molecule has 0 aliphatic carbocycles. The number of hydrogen-bond donors (Lipinski definition) is 1. The van der Waals surface area contributed by atoms with Crippen LogP contribution in [0.15, 0.2) is 24.3 Å². The van der Waals surface area contributed by atoms with Gasteiger partial charge in [0.25, 0.3) is 5.91 Å². The van der Waals surface area contributed by atoms with E-state index in [0.29, 0.717) is 17.9 Å². The Morgan fingerprint density at radius 3 is 2.91 bits per heavy atom. The maximum atomic E-state index is 11.9. The summed E-state index contributed by atoms with van der Waals surface area (Å²) in [5.41, 5.74) is 1.48. The molecular weight excluding hydrogens is 298 g/mol. The van der Waals surface area contributed by atoms with Crippen LogP contribution in [0, 0.1) is 6.92 Å². The zero-order chi connectivity index (χ0) is 16.7. The molecule has 1 aromatic carbocycles. The van der Waals surface area contributed by atoms with Crippen LogP contribution in [0.3, 0.4) is 0 Å². The Morgan fingerprint density at radius 2 is 2.17 bits per heavy atom. The van der Waals surface area contributed by atoms with E-state index >= 15 is 0 Å². The standard InChI is InChI=1S/C15H19N5O3/c1-3-7-20-13(17-18-19-20)10-23-14(21)9-16-15(22)12-6-4-5-11(2)8-12/h4-6,8H,3,7,9-10H2,1-2H3,(H,16,22). The number of aromatic nitrogens is 4. The van der Waals surface area contributed by atoms with Gasteiger partial charge in [-0.3, -0.25) is 9.59 Å². The molecule has 2 rings (SSSR count). The normalized spacial score (nSPS) is 10.3. The second kappa shape index (κ2) is 8.02. The van der Waals surface area contributed by atoms with Crippen LogP contribution in [0.5, 0.6) is 0 Å². The fourth-order valence-corrected chi connectivity index (χ4v) is 1.95. The number of carbonyl (C=O) groups excluding carboxylic acids is 2. The number of hydrogen-bond acceptors (Lipinski definition) is 6. The molecule has 0 saturated heterocycles. The van der Waals surface area contributed by atoms with Gasteiger partial charge in [-0.25, -0.2) is 4.68 Å². The highest BCUT2D eigenvalue weighted by Crippen LogP contribution is 2.03. The summed E-state index contributed by atoms with van der Waals surface area (Å²) in [4.78, 5) is 23.6. The molecule has 0 radical (unpaired) electrons. The molecule has 0 aliphatic heterocycles. The first-order valence-corrected chi connectivity index (χ1v) is 7.35. The number of aryl methyl sites for hydroxylation is 2. The van der Waals surface area contributed by atoms with Crippen LogP contribution < -0.4 is 5.32 Å². The van der Waals surface area contributed by atoms with E-state index in [0.717, 1.165) is 12.0 Å². The summed E-state index contributed by atoms with van der Waals surface area (Å²) in [7, 11) is 0. The van der Waals surface area contributed by atoms with Crippen molar-refractivity contribution in [2.24, 2.45) is 0 Å². The maximum Gasteiger partial charge on any atom is 0.325 e. The lowest BCUT2D eigenvalue weighted by atomic mass is 10.1. The Morgan fingerprint density at radius 1 is 1.35 bits per heavy atom. The Kier molecular flexibility index (Phi) is 5.79. The van der Waals surface area contributed by atoms with Gasteiger partial charge in [0.1, 0.15) is 6.54 Å². The number of nitrogens with zero attached hydrogens (tertiary/aromatic N) is 4. The van der Waals surface area contributed by atoms with Crippen LogP contribution in [-0.2, 0) is 22.7 Å². The van der Waals surface area contributed by atoms with Gasteiger partial charge in [-0.05, 0) is 35.9 Å². The topological polar surface area (TPSA) is 99.0 Å². The molecule has 1 heterocycles. The largest absolute Gasteiger partial charge is 0.456 e. The van der Waals surface area contributed by atoms with Gasteiger partial charge in [0.15, 0.2) is 12.4 Å². The van der Waals surface area contributed by atoms with Crippen molar-refractivity contribution in [3.63, 3.8) is 0 Å². The van der Waals surface area contributed by atoms with E-state index in [1.165, 1.54) is 0 Å². The van der Waals surface area contributed by atoms with Crippen LogP contribution in [0.2, 0.25) is 0 Å². The van der Waals surface area contributed by atoms with Crippen molar-refractivity contribution < 1.29 is 14.3 Å². The lowest BCUT2D eigenvalue weighted by Crippen LogP contribution is -2.30. The Hall–Kier alpha value is -2.77. The maximum absolute atomic E-state index is 11.9. The first kappa shape index (κ1) is 16.6. The molecule has 0 saturated carbocycles. The molecule has 122 valence electrons. The average Bonchev–Trinajstić information content (AvgIpc) is 2.98. The molecule has 1 aromatic heterocycles. The number of benzene rings is 1. The highest BCUT2D eigenvalue weighted by molar-refractivity contribution is 5.96. The molecule has 0 spiro atoms. The van der Waals surface area contributed by atoms with Crippen molar-refractivity contribution in [3.05, 3.63) is 41.2 Å². The first-order valence-electron chi connectivity index (χ1n) is 7.35. The molecule has 0 bridgehead atoms. The van der Waals surface area contributed by atoms with Crippen molar-refractivity contribution in [2.45, 2.75) is 33.4 Å². The second-order valence-electron chi connectivity index (χ2n) is 5.03. The van der Waals surface area contributed by atoms with Gasteiger partial charge in [-0.2, -0.15) is 0 Å². The SMILES string of the molecule is CCCn1nnnc1COC(=O)CNC(=O)c1cccc(C)c1. The zero-order valence-corrected chi connectivity index (χ0v) is 13.2. The van der Waals surface area contributed by atoms with E-state index in [9.17, 15) is 9.59 Å². The minimum absolute atomic E-state index is 0.0217. The van der Waals surface area contributed by atoms with Gasteiger partial charge < -0.3 is 10.1 Å². The summed E-state index contributed by atoms with van der Waals surface area (Å²) in [6.45, 7) is 4.32. The van der Waals surface area contributed by atoms with E-state index < -0.39 is 5.97 Å². The predicted octanol–water partition coefficient (Wildman–Crippen LogP) is 0.865. The van der Waals surface area contributed by atoms with E-state index in [1.807, 2.05) is 19.9 Å². The highest BCUT2D eigenvalue weighted by atomic mass is 16.5. The molecular formula is C15H19N5O3. The number of esters is 1. The molecule has 0 unspecified atom stereocenters. The number of amides is 1. The summed E-state index contributed by atoms with van der Waals surface area (Å²) in [5, 5.41) is 13.7. The van der Waals surface area contributed by atoms with Gasteiger partial charge in [0, 0.05) is 12.1 Å². The summed E-state index contributed by atoms with van der Waals surface area (Å²) in [6, 6.07) is 7.12. The third-order valence-electron chi connectivity index (χ3n) is 3.08. The quantitative estimate of drug-likeness (QED) is 0.761. The number of carbonyl (C=O) groups is 2. The van der Waals surface area contributed by atoms with Gasteiger partial charge in [0.05, 0.1) is 0 Å². The fraction of sp³-hybridized carbons (Fsp3) is 0.400. The third-order valence-corrected chi connectivity index (χ3v) is 3.08. The van der Waals surface area contributed by atoms with Crippen molar-refractivity contribution >= 4 is 11.9 Å². The van der Waals surface area contributed by atoms with Gasteiger partial charge in [-0.15, -0.1) is 5.10 Å². The number of nitrogens with one attached hydrogen (secondary N) is 1.